The van der Waals surface area contributed by atoms with Crippen LogP contribution in [0.3, 0.4) is 0 Å². The number of rotatable bonds is 3. The van der Waals surface area contributed by atoms with Crippen molar-refractivity contribution < 1.29 is 14.1 Å². The number of halogens is 1. The summed E-state index contributed by atoms with van der Waals surface area (Å²) in [5.74, 6) is -0.718. The zero-order chi connectivity index (χ0) is 13.1. The van der Waals surface area contributed by atoms with Crippen molar-refractivity contribution >= 4 is 5.69 Å². The zero-order valence-corrected chi connectivity index (χ0v) is 9.59. The molecule has 0 aliphatic rings. The molecule has 0 unspecified atom stereocenters. The van der Waals surface area contributed by atoms with Crippen molar-refractivity contribution in [2.75, 3.05) is 0 Å². The van der Waals surface area contributed by atoms with Gasteiger partial charge in [0, 0.05) is 6.07 Å². The third-order valence-corrected chi connectivity index (χ3v) is 2.43. The Morgan fingerprint density at radius 2 is 1.83 bits per heavy atom. The second kappa shape index (κ2) is 4.83. The third kappa shape index (κ3) is 2.29. The predicted molar refractivity (Wildman–Crippen MR) is 64.3 cm³/mol. The number of nitrogens with zero attached hydrogens (tertiary/aromatic N) is 1. The van der Waals surface area contributed by atoms with Gasteiger partial charge in [-0.05, 0) is 30.7 Å². The molecule has 0 saturated heterocycles. The Hall–Kier alpha value is -2.43. The third-order valence-electron chi connectivity index (χ3n) is 2.43. The number of para-hydroxylation sites is 1. The maximum Gasteiger partial charge on any atom is 0.314 e. The van der Waals surface area contributed by atoms with Gasteiger partial charge in [-0.25, -0.2) is 4.39 Å². The normalized spacial score (nSPS) is 10.1. The van der Waals surface area contributed by atoms with Gasteiger partial charge in [-0.2, -0.15) is 0 Å². The highest BCUT2D eigenvalue weighted by atomic mass is 19.1. The molecule has 2 rings (SSSR count). The molecular formula is C13H10FNO3. The topological polar surface area (TPSA) is 52.4 Å². The van der Waals surface area contributed by atoms with Gasteiger partial charge in [0.05, 0.1) is 4.92 Å². The van der Waals surface area contributed by atoms with Gasteiger partial charge in [-0.15, -0.1) is 0 Å². The fourth-order valence-corrected chi connectivity index (χ4v) is 1.49. The second-order valence-electron chi connectivity index (χ2n) is 3.72. The molecular weight excluding hydrogens is 237 g/mol. The summed E-state index contributed by atoms with van der Waals surface area (Å²) in [6, 6.07) is 11.0. The molecule has 0 saturated carbocycles. The van der Waals surface area contributed by atoms with Crippen LogP contribution in [0.2, 0.25) is 0 Å². The van der Waals surface area contributed by atoms with E-state index in [1.165, 1.54) is 19.1 Å². The molecule has 0 heterocycles. The molecule has 0 fully saturated rings. The van der Waals surface area contributed by atoms with Crippen molar-refractivity contribution in [3.05, 3.63) is 64.0 Å². The van der Waals surface area contributed by atoms with Gasteiger partial charge < -0.3 is 4.74 Å². The molecule has 2 aromatic rings. The molecule has 0 aliphatic carbocycles. The lowest BCUT2D eigenvalue weighted by atomic mass is 10.2. The molecule has 4 nitrogen and oxygen atoms in total. The van der Waals surface area contributed by atoms with E-state index in [-0.39, 0.29) is 11.4 Å². The number of hydrogen-bond donors (Lipinski definition) is 0. The minimum atomic E-state index is -0.715. The maximum absolute atomic E-state index is 13.9. The van der Waals surface area contributed by atoms with Crippen molar-refractivity contribution in [2.24, 2.45) is 0 Å². The first-order valence-electron chi connectivity index (χ1n) is 5.26. The smallest absolute Gasteiger partial charge is 0.314 e. The molecule has 0 aromatic heterocycles. The van der Waals surface area contributed by atoms with Crippen LogP contribution in [0.15, 0.2) is 42.5 Å². The van der Waals surface area contributed by atoms with Gasteiger partial charge in [-0.1, -0.05) is 18.2 Å². The molecule has 0 spiro atoms. The second-order valence-corrected chi connectivity index (χ2v) is 3.72. The molecule has 0 N–H and O–H groups in total. The van der Waals surface area contributed by atoms with Crippen LogP contribution in [-0.2, 0) is 0 Å². The summed E-state index contributed by atoms with van der Waals surface area (Å²) in [7, 11) is 0. The predicted octanol–water partition coefficient (Wildman–Crippen LogP) is 3.83. The van der Waals surface area contributed by atoms with Crippen LogP contribution in [0.5, 0.6) is 11.5 Å². The maximum atomic E-state index is 13.9. The number of aryl methyl sites for hydroxylation is 1. The van der Waals surface area contributed by atoms with E-state index in [9.17, 15) is 14.5 Å². The Morgan fingerprint density at radius 1 is 1.17 bits per heavy atom. The van der Waals surface area contributed by atoms with Gasteiger partial charge in [-0.3, -0.25) is 10.1 Å². The Labute approximate surface area is 103 Å². The van der Waals surface area contributed by atoms with Crippen LogP contribution >= 0.6 is 0 Å². The van der Waals surface area contributed by atoms with Crippen molar-refractivity contribution in [1.82, 2.24) is 0 Å². The van der Waals surface area contributed by atoms with E-state index in [4.69, 9.17) is 4.74 Å². The summed E-state index contributed by atoms with van der Waals surface area (Å²) in [6.45, 7) is 1.52. The van der Waals surface area contributed by atoms with E-state index < -0.39 is 10.7 Å². The van der Waals surface area contributed by atoms with Gasteiger partial charge in [0.25, 0.3) is 0 Å². The highest BCUT2D eigenvalue weighted by Gasteiger charge is 2.22. The molecule has 0 atom stereocenters. The summed E-state index contributed by atoms with van der Waals surface area (Å²) in [6.07, 6.45) is 0. The fourth-order valence-electron chi connectivity index (χ4n) is 1.49. The first-order chi connectivity index (χ1) is 8.59. The van der Waals surface area contributed by atoms with Gasteiger partial charge >= 0.3 is 5.69 Å². The summed E-state index contributed by atoms with van der Waals surface area (Å²) in [4.78, 5) is 10.2. The average Bonchev–Trinajstić information content (AvgIpc) is 2.36. The van der Waals surface area contributed by atoms with Crippen LogP contribution in [0.1, 0.15) is 5.56 Å². The zero-order valence-electron chi connectivity index (χ0n) is 9.59. The molecule has 18 heavy (non-hydrogen) atoms. The Morgan fingerprint density at radius 3 is 2.44 bits per heavy atom. The van der Waals surface area contributed by atoms with Crippen molar-refractivity contribution in [1.29, 1.82) is 0 Å². The largest absolute Gasteiger partial charge is 0.447 e. The standard InChI is InChI=1S/C13H10FNO3/c1-9-7-8-11(15(16)17)13(12(9)14)18-10-5-3-2-4-6-10/h2-8H,1H3. The van der Waals surface area contributed by atoms with Crippen LogP contribution in [0.4, 0.5) is 10.1 Å². The lowest BCUT2D eigenvalue weighted by Crippen LogP contribution is -1.97. The minimum absolute atomic E-state index is 0.298. The molecule has 0 amide bonds. The van der Waals surface area contributed by atoms with E-state index in [1.54, 1.807) is 30.3 Å². The van der Waals surface area contributed by atoms with Crippen molar-refractivity contribution in [3.63, 3.8) is 0 Å². The van der Waals surface area contributed by atoms with Gasteiger partial charge in [0.15, 0.2) is 5.82 Å². The molecule has 0 bridgehead atoms. The molecule has 0 aliphatic heterocycles. The number of nitro groups is 1. The lowest BCUT2D eigenvalue weighted by Gasteiger charge is -2.08. The average molecular weight is 247 g/mol. The quantitative estimate of drug-likeness (QED) is 0.611. The monoisotopic (exact) mass is 247 g/mol. The Balaban J connectivity index is 2.48. The molecule has 5 heteroatoms. The SMILES string of the molecule is Cc1ccc([N+](=O)[O-])c(Oc2ccccc2)c1F. The molecule has 2 aromatic carbocycles. The summed E-state index contributed by atoms with van der Waals surface area (Å²) in [5.41, 5.74) is -0.0894. The first kappa shape index (κ1) is 12.0. The first-order valence-corrected chi connectivity index (χ1v) is 5.26. The van der Waals surface area contributed by atoms with Crippen LogP contribution in [-0.4, -0.2) is 4.92 Å². The summed E-state index contributed by atoms with van der Waals surface area (Å²) >= 11 is 0. The van der Waals surface area contributed by atoms with E-state index in [2.05, 4.69) is 0 Å². The highest BCUT2D eigenvalue weighted by molar-refractivity contribution is 5.51. The van der Waals surface area contributed by atoms with Crippen LogP contribution < -0.4 is 4.74 Å². The number of benzene rings is 2. The van der Waals surface area contributed by atoms with Gasteiger partial charge in [0.1, 0.15) is 5.75 Å². The van der Waals surface area contributed by atoms with Crippen LogP contribution in [0, 0.1) is 22.9 Å². The van der Waals surface area contributed by atoms with E-state index in [0.717, 1.165) is 0 Å². The van der Waals surface area contributed by atoms with E-state index in [1.807, 2.05) is 0 Å². The van der Waals surface area contributed by atoms with Crippen LogP contribution in [0.25, 0.3) is 0 Å². The van der Waals surface area contributed by atoms with E-state index >= 15 is 0 Å². The highest BCUT2D eigenvalue weighted by Crippen LogP contribution is 2.35. The molecule has 0 radical (unpaired) electrons. The number of hydrogen-bond acceptors (Lipinski definition) is 3. The fraction of sp³-hybridized carbons (Fsp3) is 0.0769. The lowest BCUT2D eigenvalue weighted by molar-refractivity contribution is -0.385. The Bertz CT molecular complexity index is 584. The number of ether oxygens (including phenoxy) is 1. The summed E-state index contributed by atoms with van der Waals surface area (Å²) in [5, 5.41) is 10.8. The van der Waals surface area contributed by atoms with Crippen molar-refractivity contribution in [3.8, 4) is 11.5 Å². The van der Waals surface area contributed by atoms with E-state index in [0.29, 0.717) is 11.3 Å². The minimum Gasteiger partial charge on any atom is -0.447 e. The van der Waals surface area contributed by atoms with Gasteiger partial charge in [0.2, 0.25) is 5.75 Å². The number of nitro benzene ring substituents is 1. The molecule has 92 valence electrons. The van der Waals surface area contributed by atoms with Crippen molar-refractivity contribution in [2.45, 2.75) is 6.92 Å². The summed E-state index contributed by atoms with van der Waals surface area (Å²) < 4.78 is 19.1. The Kier molecular flexibility index (Phi) is 3.23.